The molecule has 0 atom stereocenters. The molecular weight excluding hydrogens is 356 g/mol. The van der Waals surface area contributed by atoms with E-state index in [-0.39, 0.29) is 18.0 Å². The van der Waals surface area contributed by atoms with E-state index < -0.39 is 11.9 Å². The lowest BCUT2D eigenvalue weighted by atomic mass is 9.86. The molecule has 2 amide bonds. The number of carbonyl (C=O) groups excluding carboxylic acids is 2. The van der Waals surface area contributed by atoms with E-state index in [1.54, 1.807) is 12.1 Å². The van der Waals surface area contributed by atoms with Crippen molar-refractivity contribution >= 4 is 45.1 Å². The van der Waals surface area contributed by atoms with Gasteiger partial charge in [0.2, 0.25) is 0 Å². The summed E-state index contributed by atoms with van der Waals surface area (Å²) in [5.74, 6) is -1.48. The topological polar surface area (TPSA) is 105 Å². The Balaban J connectivity index is 1.65. The summed E-state index contributed by atoms with van der Waals surface area (Å²) in [6, 6.07) is 6.84. The molecular formula is C18H20N2O5S. The number of hydrogen-bond acceptors (Lipinski definition) is 5. The highest BCUT2D eigenvalue weighted by Crippen LogP contribution is 2.32. The number of aliphatic carboxylic acids is 1. The molecule has 8 heteroatoms. The van der Waals surface area contributed by atoms with Crippen molar-refractivity contribution in [1.82, 2.24) is 5.32 Å². The predicted octanol–water partition coefficient (Wildman–Crippen LogP) is 3.45. The Hall–Kier alpha value is -2.61. The number of amides is 2. The first-order valence-corrected chi connectivity index (χ1v) is 9.20. The Morgan fingerprint density at radius 3 is 2.58 bits per heavy atom. The number of nitrogens with one attached hydrogen (secondary N) is 2. The van der Waals surface area contributed by atoms with Crippen LogP contribution in [-0.4, -0.2) is 36.2 Å². The minimum Gasteiger partial charge on any atom is -0.481 e. The van der Waals surface area contributed by atoms with E-state index >= 15 is 0 Å². The van der Waals surface area contributed by atoms with Crippen molar-refractivity contribution in [3.05, 3.63) is 29.1 Å². The van der Waals surface area contributed by atoms with Gasteiger partial charge in [-0.05, 0) is 43.2 Å². The quantitative estimate of drug-likeness (QED) is 0.709. The molecule has 7 nitrogen and oxygen atoms in total. The number of hydrogen-bond donors (Lipinski definition) is 3. The van der Waals surface area contributed by atoms with Gasteiger partial charge < -0.3 is 20.5 Å². The van der Waals surface area contributed by atoms with Gasteiger partial charge in [-0.15, -0.1) is 11.3 Å². The second-order valence-corrected chi connectivity index (χ2v) is 7.36. The number of thiophene rings is 1. The number of urea groups is 1. The zero-order valence-electron chi connectivity index (χ0n) is 14.3. The Kier molecular flexibility index (Phi) is 5.41. The number of carboxylic acid groups (broad SMARTS) is 1. The molecule has 1 heterocycles. The van der Waals surface area contributed by atoms with Gasteiger partial charge in [0, 0.05) is 6.04 Å². The average molecular weight is 376 g/mol. The number of benzene rings is 1. The summed E-state index contributed by atoms with van der Waals surface area (Å²) >= 11 is 1.27. The predicted molar refractivity (Wildman–Crippen MR) is 98.7 cm³/mol. The van der Waals surface area contributed by atoms with Gasteiger partial charge in [0.15, 0.2) is 0 Å². The third-order valence-corrected chi connectivity index (χ3v) is 5.75. The fourth-order valence-electron chi connectivity index (χ4n) is 3.19. The average Bonchev–Trinajstić information content (AvgIpc) is 3.07. The number of fused-ring (bicyclic) bond motifs is 1. The smallest absolute Gasteiger partial charge is 0.348 e. The number of anilines is 1. The molecule has 0 bridgehead atoms. The van der Waals surface area contributed by atoms with Crippen LogP contribution < -0.4 is 10.6 Å². The number of esters is 1. The van der Waals surface area contributed by atoms with Gasteiger partial charge in [-0.3, -0.25) is 4.79 Å². The van der Waals surface area contributed by atoms with Gasteiger partial charge in [-0.1, -0.05) is 12.1 Å². The van der Waals surface area contributed by atoms with Crippen LogP contribution in [-0.2, 0) is 9.53 Å². The van der Waals surface area contributed by atoms with Gasteiger partial charge in [0.25, 0.3) is 0 Å². The van der Waals surface area contributed by atoms with Crippen molar-refractivity contribution in [2.75, 3.05) is 12.4 Å². The van der Waals surface area contributed by atoms with E-state index in [1.165, 1.54) is 18.4 Å². The Morgan fingerprint density at radius 2 is 1.92 bits per heavy atom. The third-order valence-electron chi connectivity index (χ3n) is 4.59. The molecule has 1 aromatic heterocycles. The molecule has 0 unspecified atom stereocenters. The van der Waals surface area contributed by atoms with Gasteiger partial charge >= 0.3 is 18.0 Å². The van der Waals surface area contributed by atoms with Crippen LogP contribution in [0.25, 0.3) is 10.1 Å². The summed E-state index contributed by atoms with van der Waals surface area (Å²) in [6.45, 7) is 0. The van der Waals surface area contributed by atoms with Crippen molar-refractivity contribution in [3.63, 3.8) is 0 Å². The Bertz CT molecular complexity index is 839. The van der Waals surface area contributed by atoms with Crippen LogP contribution in [0.15, 0.2) is 24.3 Å². The summed E-state index contributed by atoms with van der Waals surface area (Å²) < 4.78 is 5.55. The third kappa shape index (κ3) is 3.96. The molecule has 26 heavy (non-hydrogen) atoms. The molecule has 1 aliphatic rings. The molecule has 0 saturated heterocycles. The van der Waals surface area contributed by atoms with E-state index in [1.807, 2.05) is 12.1 Å². The zero-order chi connectivity index (χ0) is 18.7. The van der Waals surface area contributed by atoms with Crippen LogP contribution in [0.5, 0.6) is 0 Å². The monoisotopic (exact) mass is 376 g/mol. The lowest BCUT2D eigenvalue weighted by molar-refractivity contribution is -0.142. The SMILES string of the molecule is COC(=O)c1cc2cccc(NC(=O)NC3CCC(C(=O)O)CC3)c2s1. The van der Waals surface area contributed by atoms with Crippen LogP contribution >= 0.6 is 11.3 Å². The Labute approximate surface area is 154 Å². The summed E-state index contributed by atoms with van der Waals surface area (Å²) in [6.07, 6.45) is 2.45. The lowest BCUT2D eigenvalue weighted by Gasteiger charge is -2.26. The molecule has 0 aliphatic heterocycles. The van der Waals surface area contributed by atoms with Gasteiger partial charge in [-0.25, -0.2) is 9.59 Å². The van der Waals surface area contributed by atoms with Crippen molar-refractivity contribution in [2.45, 2.75) is 31.7 Å². The normalized spacial score (nSPS) is 19.7. The van der Waals surface area contributed by atoms with Crippen molar-refractivity contribution in [1.29, 1.82) is 0 Å². The first-order chi connectivity index (χ1) is 12.5. The fourth-order valence-corrected chi connectivity index (χ4v) is 4.24. The molecule has 1 aliphatic carbocycles. The number of carboxylic acids is 1. The molecule has 3 N–H and O–H groups in total. The number of rotatable bonds is 4. The summed E-state index contributed by atoms with van der Waals surface area (Å²) in [7, 11) is 1.33. The van der Waals surface area contributed by atoms with E-state index in [4.69, 9.17) is 9.84 Å². The van der Waals surface area contributed by atoms with Crippen molar-refractivity contribution in [2.24, 2.45) is 5.92 Å². The second-order valence-electron chi connectivity index (χ2n) is 6.31. The zero-order valence-corrected chi connectivity index (χ0v) is 15.1. The van der Waals surface area contributed by atoms with Crippen LogP contribution in [0.1, 0.15) is 35.4 Å². The highest BCUT2D eigenvalue weighted by Gasteiger charge is 2.26. The summed E-state index contributed by atoms with van der Waals surface area (Å²) in [4.78, 5) is 35.5. The van der Waals surface area contributed by atoms with E-state index in [0.717, 1.165) is 10.1 Å². The van der Waals surface area contributed by atoms with Crippen molar-refractivity contribution < 1.29 is 24.2 Å². The highest BCUT2D eigenvalue weighted by atomic mass is 32.1. The Morgan fingerprint density at radius 1 is 1.19 bits per heavy atom. The van der Waals surface area contributed by atoms with Crippen molar-refractivity contribution in [3.8, 4) is 0 Å². The first kappa shape index (κ1) is 18.2. The maximum atomic E-state index is 12.3. The van der Waals surface area contributed by atoms with Crippen LogP contribution in [0.2, 0.25) is 0 Å². The largest absolute Gasteiger partial charge is 0.481 e. The van der Waals surface area contributed by atoms with E-state index in [9.17, 15) is 14.4 Å². The van der Waals surface area contributed by atoms with Crippen LogP contribution in [0.3, 0.4) is 0 Å². The number of ether oxygens (including phenoxy) is 1. The van der Waals surface area contributed by atoms with Gasteiger partial charge in [-0.2, -0.15) is 0 Å². The first-order valence-electron chi connectivity index (χ1n) is 8.39. The minimum atomic E-state index is -0.765. The molecule has 1 aromatic carbocycles. The van der Waals surface area contributed by atoms with Crippen LogP contribution in [0.4, 0.5) is 10.5 Å². The molecule has 138 valence electrons. The van der Waals surface area contributed by atoms with Gasteiger partial charge in [0.1, 0.15) is 4.88 Å². The second kappa shape index (κ2) is 7.74. The molecule has 2 aromatic rings. The maximum Gasteiger partial charge on any atom is 0.348 e. The van der Waals surface area contributed by atoms with E-state index in [0.29, 0.717) is 36.2 Å². The minimum absolute atomic E-state index is 0.0289. The lowest BCUT2D eigenvalue weighted by Crippen LogP contribution is -2.40. The maximum absolute atomic E-state index is 12.3. The highest BCUT2D eigenvalue weighted by molar-refractivity contribution is 7.21. The summed E-state index contributed by atoms with van der Waals surface area (Å²) in [5.41, 5.74) is 0.624. The molecule has 3 rings (SSSR count). The fraction of sp³-hybridized carbons (Fsp3) is 0.389. The standard InChI is InChI=1S/C18H20N2O5S/c1-25-17(23)14-9-11-3-2-4-13(15(11)26-14)20-18(24)19-12-7-5-10(6-8-12)16(21)22/h2-4,9-10,12H,5-8H2,1H3,(H,21,22)(H2,19,20,24). The molecule has 0 radical (unpaired) electrons. The van der Waals surface area contributed by atoms with Gasteiger partial charge in [0.05, 0.1) is 23.4 Å². The molecule has 0 spiro atoms. The number of methoxy groups -OCH3 is 1. The number of carbonyl (C=O) groups is 3. The van der Waals surface area contributed by atoms with E-state index in [2.05, 4.69) is 10.6 Å². The molecule has 1 saturated carbocycles. The van der Waals surface area contributed by atoms with Crippen LogP contribution in [0, 0.1) is 5.92 Å². The molecule has 1 fully saturated rings. The summed E-state index contributed by atoms with van der Waals surface area (Å²) in [5, 5.41) is 15.6.